The van der Waals surface area contributed by atoms with E-state index in [0.717, 1.165) is 0 Å². The second-order valence-corrected chi connectivity index (χ2v) is 4.15. The Morgan fingerprint density at radius 3 is 2.58 bits per heavy atom. The van der Waals surface area contributed by atoms with Crippen LogP contribution in [0.25, 0.3) is 0 Å². The Balaban J connectivity index is 2.35. The van der Waals surface area contributed by atoms with Gasteiger partial charge in [-0.25, -0.2) is 4.98 Å². The van der Waals surface area contributed by atoms with E-state index in [1.54, 1.807) is 36.4 Å². The van der Waals surface area contributed by atoms with E-state index in [9.17, 15) is 4.79 Å². The van der Waals surface area contributed by atoms with E-state index >= 15 is 0 Å². The summed E-state index contributed by atoms with van der Waals surface area (Å²) >= 11 is 6.00. The van der Waals surface area contributed by atoms with Crippen LogP contribution in [0.2, 0.25) is 5.02 Å². The molecule has 0 bridgehead atoms. The second kappa shape index (κ2) is 5.71. The summed E-state index contributed by atoms with van der Waals surface area (Å²) < 4.78 is 10.0. The summed E-state index contributed by atoms with van der Waals surface area (Å²) in [5.74, 6) is 0.700. The number of rotatable bonds is 4. The fourth-order valence-electron chi connectivity index (χ4n) is 1.61. The highest BCUT2D eigenvalue weighted by atomic mass is 35.5. The van der Waals surface area contributed by atoms with Crippen molar-refractivity contribution >= 4 is 17.4 Å². The topological polar surface area (TPSA) is 48.4 Å². The first kappa shape index (κ1) is 13.4. The van der Waals surface area contributed by atoms with Crippen LogP contribution < -0.4 is 9.47 Å². The molecule has 0 aliphatic rings. The van der Waals surface area contributed by atoms with Gasteiger partial charge in [0.2, 0.25) is 11.7 Å². The minimum absolute atomic E-state index is 0.219. The second-order valence-electron chi connectivity index (χ2n) is 3.74. The molecule has 98 valence electrons. The van der Waals surface area contributed by atoms with Gasteiger partial charge in [0, 0.05) is 11.6 Å². The van der Waals surface area contributed by atoms with E-state index in [1.807, 2.05) is 0 Å². The molecule has 19 heavy (non-hydrogen) atoms. The number of carbonyl (C=O) groups excluding carboxylic acids is 1. The zero-order chi connectivity index (χ0) is 13.8. The number of ketones is 1. The average Bonchev–Trinajstić information content (AvgIpc) is 2.46. The highest BCUT2D eigenvalue weighted by Gasteiger charge is 2.13. The fraction of sp³-hybridized carbons (Fsp3) is 0.143. The molecule has 0 spiro atoms. The summed E-state index contributed by atoms with van der Waals surface area (Å²) in [5.41, 5.74) is 0.757. The van der Waals surface area contributed by atoms with Crippen molar-refractivity contribution in [2.45, 2.75) is 0 Å². The van der Waals surface area contributed by atoms with Crippen LogP contribution in [0, 0.1) is 0 Å². The highest BCUT2D eigenvalue weighted by molar-refractivity contribution is 6.32. The van der Waals surface area contributed by atoms with Crippen LogP contribution in [-0.2, 0) is 0 Å². The molecule has 1 aromatic heterocycles. The SMILES string of the molecule is COc1cccc(C(=O)c2ccc(OC)c(Cl)c2)n1. The molecule has 1 aromatic carbocycles. The molecule has 0 aliphatic heterocycles. The Hall–Kier alpha value is -2.07. The first-order valence-corrected chi connectivity index (χ1v) is 5.93. The zero-order valence-corrected chi connectivity index (χ0v) is 11.3. The number of methoxy groups -OCH3 is 2. The lowest BCUT2D eigenvalue weighted by molar-refractivity contribution is 0.103. The molecule has 0 unspecified atom stereocenters. The monoisotopic (exact) mass is 277 g/mol. The third-order valence-corrected chi connectivity index (χ3v) is 2.87. The van der Waals surface area contributed by atoms with Gasteiger partial charge in [0.25, 0.3) is 0 Å². The van der Waals surface area contributed by atoms with E-state index in [4.69, 9.17) is 21.1 Å². The van der Waals surface area contributed by atoms with Gasteiger partial charge >= 0.3 is 0 Å². The van der Waals surface area contributed by atoms with E-state index in [-0.39, 0.29) is 5.78 Å². The number of aromatic nitrogens is 1. The quantitative estimate of drug-likeness (QED) is 0.806. The van der Waals surface area contributed by atoms with Crippen LogP contribution in [0.15, 0.2) is 36.4 Å². The van der Waals surface area contributed by atoms with Gasteiger partial charge in [0.1, 0.15) is 11.4 Å². The lowest BCUT2D eigenvalue weighted by Gasteiger charge is -2.06. The third-order valence-electron chi connectivity index (χ3n) is 2.58. The summed E-state index contributed by atoms with van der Waals surface area (Å²) in [6.45, 7) is 0. The van der Waals surface area contributed by atoms with E-state index in [1.165, 1.54) is 14.2 Å². The summed E-state index contributed by atoms with van der Waals surface area (Å²) in [4.78, 5) is 16.3. The molecule has 0 atom stereocenters. The first-order chi connectivity index (χ1) is 9.15. The Bertz CT molecular complexity index is 613. The van der Waals surface area contributed by atoms with Gasteiger partial charge in [-0.2, -0.15) is 0 Å². The minimum atomic E-state index is -0.219. The summed E-state index contributed by atoms with van der Waals surface area (Å²) in [6, 6.07) is 9.87. The van der Waals surface area contributed by atoms with E-state index in [0.29, 0.717) is 27.9 Å². The van der Waals surface area contributed by atoms with Crippen molar-refractivity contribution in [3.8, 4) is 11.6 Å². The molecule has 4 nitrogen and oxygen atoms in total. The molecule has 0 saturated carbocycles. The highest BCUT2D eigenvalue weighted by Crippen LogP contribution is 2.26. The van der Waals surface area contributed by atoms with Crippen molar-refractivity contribution in [3.63, 3.8) is 0 Å². The smallest absolute Gasteiger partial charge is 0.213 e. The molecular formula is C14H12ClNO3. The van der Waals surface area contributed by atoms with Gasteiger partial charge in [-0.05, 0) is 24.3 Å². The normalized spacial score (nSPS) is 10.1. The Morgan fingerprint density at radius 1 is 1.16 bits per heavy atom. The molecule has 0 amide bonds. The van der Waals surface area contributed by atoms with Crippen LogP contribution in [0.1, 0.15) is 16.1 Å². The number of ether oxygens (including phenoxy) is 2. The molecule has 0 aliphatic carbocycles. The van der Waals surface area contributed by atoms with Gasteiger partial charge < -0.3 is 9.47 Å². The number of hydrogen-bond acceptors (Lipinski definition) is 4. The third kappa shape index (κ3) is 2.85. The van der Waals surface area contributed by atoms with Crippen molar-refractivity contribution in [1.29, 1.82) is 0 Å². The van der Waals surface area contributed by atoms with Crippen molar-refractivity contribution in [1.82, 2.24) is 4.98 Å². The van der Waals surface area contributed by atoms with Crippen molar-refractivity contribution < 1.29 is 14.3 Å². The van der Waals surface area contributed by atoms with Crippen molar-refractivity contribution in [2.75, 3.05) is 14.2 Å². The molecule has 0 saturated heterocycles. The summed E-state index contributed by atoms with van der Waals surface area (Å²) in [5, 5.41) is 0.385. The number of halogens is 1. The van der Waals surface area contributed by atoms with Crippen LogP contribution in [-0.4, -0.2) is 25.0 Å². The standard InChI is InChI=1S/C14H12ClNO3/c1-18-12-7-6-9(8-10(12)15)14(17)11-4-3-5-13(16-11)19-2/h3-8H,1-2H3. The fourth-order valence-corrected chi connectivity index (χ4v) is 1.87. The Kier molecular flexibility index (Phi) is 4.02. The Labute approximate surface area is 115 Å². The Morgan fingerprint density at radius 2 is 1.95 bits per heavy atom. The van der Waals surface area contributed by atoms with Gasteiger partial charge in [0.15, 0.2) is 0 Å². The van der Waals surface area contributed by atoms with Crippen molar-refractivity contribution in [3.05, 3.63) is 52.7 Å². The van der Waals surface area contributed by atoms with Crippen LogP contribution in [0.3, 0.4) is 0 Å². The van der Waals surface area contributed by atoms with Crippen LogP contribution >= 0.6 is 11.6 Å². The molecule has 2 aromatic rings. The lowest BCUT2D eigenvalue weighted by atomic mass is 10.1. The number of nitrogens with zero attached hydrogens (tertiary/aromatic N) is 1. The molecule has 0 N–H and O–H groups in total. The largest absolute Gasteiger partial charge is 0.495 e. The maximum atomic E-state index is 12.2. The van der Waals surface area contributed by atoms with Gasteiger partial charge in [0.05, 0.1) is 19.2 Å². The van der Waals surface area contributed by atoms with E-state index in [2.05, 4.69) is 4.98 Å². The van der Waals surface area contributed by atoms with Crippen molar-refractivity contribution in [2.24, 2.45) is 0 Å². The lowest BCUT2D eigenvalue weighted by Crippen LogP contribution is -2.05. The maximum Gasteiger partial charge on any atom is 0.213 e. The number of carbonyl (C=O) groups is 1. The predicted molar refractivity (Wildman–Crippen MR) is 72.2 cm³/mol. The predicted octanol–water partition coefficient (Wildman–Crippen LogP) is 2.98. The molecule has 5 heteroatoms. The summed E-state index contributed by atoms with van der Waals surface area (Å²) in [6.07, 6.45) is 0. The molecule has 0 radical (unpaired) electrons. The van der Waals surface area contributed by atoms with E-state index < -0.39 is 0 Å². The maximum absolute atomic E-state index is 12.2. The first-order valence-electron chi connectivity index (χ1n) is 5.55. The molecule has 0 fully saturated rings. The van der Waals surface area contributed by atoms with Gasteiger partial charge in [-0.1, -0.05) is 17.7 Å². The number of hydrogen-bond donors (Lipinski definition) is 0. The van der Waals surface area contributed by atoms with Gasteiger partial charge in [-0.3, -0.25) is 4.79 Å². The zero-order valence-electron chi connectivity index (χ0n) is 10.5. The van der Waals surface area contributed by atoms with Gasteiger partial charge in [-0.15, -0.1) is 0 Å². The van der Waals surface area contributed by atoms with Crippen LogP contribution in [0.5, 0.6) is 11.6 Å². The van der Waals surface area contributed by atoms with Crippen LogP contribution in [0.4, 0.5) is 0 Å². The average molecular weight is 278 g/mol. The number of pyridine rings is 1. The molecular weight excluding hydrogens is 266 g/mol. The molecule has 2 rings (SSSR count). The molecule has 1 heterocycles. The number of benzene rings is 1. The summed E-state index contributed by atoms with van der Waals surface area (Å²) in [7, 11) is 3.02. The minimum Gasteiger partial charge on any atom is -0.495 e.